The highest BCUT2D eigenvalue weighted by Gasteiger charge is 2.21. The molecule has 4 nitrogen and oxygen atoms in total. The van der Waals surface area contributed by atoms with E-state index in [9.17, 15) is 4.79 Å². The van der Waals surface area contributed by atoms with E-state index in [0.717, 1.165) is 12.0 Å². The van der Waals surface area contributed by atoms with Crippen LogP contribution < -0.4 is 11.1 Å². The molecule has 0 spiro atoms. The average Bonchev–Trinajstić information content (AvgIpc) is 2.32. The zero-order valence-electron chi connectivity index (χ0n) is 9.11. The largest absolute Gasteiger partial charge is 0.362 e. The van der Waals surface area contributed by atoms with Gasteiger partial charge in [-0.1, -0.05) is 24.3 Å². The molecular weight excluding hydrogens is 204 g/mol. The van der Waals surface area contributed by atoms with Crippen LogP contribution in [-0.2, 0) is 16.0 Å². The second kappa shape index (κ2) is 5.09. The third kappa shape index (κ3) is 2.40. The first-order chi connectivity index (χ1) is 7.81. The minimum atomic E-state index is -0.0486. The molecule has 1 fully saturated rings. The van der Waals surface area contributed by atoms with Gasteiger partial charge < -0.3 is 15.8 Å². The highest BCUT2D eigenvalue weighted by Crippen LogP contribution is 2.22. The van der Waals surface area contributed by atoms with E-state index in [2.05, 4.69) is 11.4 Å². The van der Waals surface area contributed by atoms with Gasteiger partial charge in [0.1, 0.15) is 12.7 Å². The Morgan fingerprint density at radius 1 is 1.44 bits per heavy atom. The van der Waals surface area contributed by atoms with E-state index in [1.165, 1.54) is 5.56 Å². The van der Waals surface area contributed by atoms with Gasteiger partial charge in [0.15, 0.2) is 0 Å². The van der Waals surface area contributed by atoms with E-state index in [1.54, 1.807) is 0 Å². The lowest BCUT2D eigenvalue weighted by Crippen LogP contribution is -2.39. The van der Waals surface area contributed by atoms with Gasteiger partial charge in [0, 0.05) is 6.54 Å². The molecule has 2 rings (SSSR count). The zero-order chi connectivity index (χ0) is 11.4. The van der Waals surface area contributed by atoms with Gasteiger partial charge in [-0.05, 0) is 24.1 Å². The van der Waals surface area contributed by atoms with Crippen LogP contribution >= 0.6 is 0 Å². The summed E-state index contributed by atoms with van der Waals surface area (Å²) in [5.41, 5.74) is 7.90. The molecule has 1 unspecified atom stereocenters. The fraction of sp³-hybridized carbons (Fsp3) is 0.417. The molecule has 1 saturated heterocycles. The highest BCUT2D eigenvalue weighted by atomic mass is 16.5. The highest BCUT2D eigenvalue weighted by molar-refractivity contribution is 5.77. The summed E-state index contributed by atoms with van der Waals surface area (Å²) >= 11 is 0. The molecular formula is C12H16N2O2. The fourth-order valence-electron chi connectivity index (χ4n) is 1.92. The Morgan fingerprint density at radius 3 is 2.94 bits per heavy atom. The molecule has 1 aromatic carbocycles. The smallest absolute Gasteiger partial charge is 0.246 e. The quantitative estimate of drug-likeness (QED) is 0.773. The van der Waals surface area contributed by atoms with Gasteiger partial charge in [-0.25, -0.2) is 0 Å². The van der Waals surface area contributed by atoms with E-state index in [-0.39, 0.29) is 18.6 Å². The van der Waals surface area contributed by atoms with Crippen LogP contribution in [-0.4, -0.2) is 25.6 Å². The Balaban J connectivity index is 2.16. The summed E-state index contributed by atoms with van der Waals surface area (Å²) in [5, 5.41) is 2.80. The standard InChI is InChI=1S/C12H16N2O2/c13-6-5-9-3-1-2-4-10(9)11-7-14-12(15)8-16-11/h1-4,11H,5-8,13H2,(H,14,15). The normalized spacial score (nSPS) is 20.6. The second-order valence-corrected chi connectivity index (χ2v) is 3.84. The molecule has 1 heterocycles. The lowest BCUT2D eigenvalue weighted by Gasteiger charge is -2.25. The molecule has 86 valence electrons. The molecule has 1 amide bonds. The van der Waals surface area contributed by atoms with Crippen LogP contribution in [0.3, 0.4) is 0 Å². The number of nitrogens with one attached hydrogen (secondary N) is 1. The molecule has 0 saturated carbocycles. The number of hydrogen-bond acceptors (Lipinski definition) is 3. The van der Waals surface area contributed by atoms with E-state index < -0.39 is 0 Å². The maximum absolute atomic E-state index is 11.0. The van der Waals surface area contributed by atoms with Crippen molar-refractivity contribution in [2.24, 2.45) is 5.73 Å². The van der Waals surface area contributed by atoms with Crippen molar-refractivity contribution in [3.63, 3.8) is 0 Å². The molecule has 1 aliphatic rings. The van der Waals surface area contributed by atoms with Crippen molar-refractivity contribution < 1.29 is 9.53 Å². The molecule has 4 heteroatoms. The first-order valence-corrected chi connectivity index (χ1v) is 5.47. The fourth-order valence-corrected chi connectivity index (χ4v) is 1.92. The number of amides is 1. The number of morpholine rings is 1. The van der Waals surface area contributed by atoms with Crippen LogP contribution in [0.25, 0.3) is 0 Å². The van der Waals surface area contributed by atoms with Crippen molar-refractivity contribution in [2.45, 2.75) is 12.5 Å². The number of benzene rings is 1. The Hall–Kier alpha value is -1.39. The molecule has 3 N–H and O–H groups in total. The van der Waals surface area contributed by atoms with Crippen LogP contribution in [0.5, 0.6) is 0 Å². The predicted molar refractivity (Wildman–Crippen MR) is 60.9 cm³/mol. The van der Waals surface area contributed by atoms with Crippen molar-refractivity contribution in [3.8, 4) is 0 Å². The van der Waals surface area contributed by atoms with Gasteiger partial charge in [-0.2, -0.15) is 0 Å². The summed E-state index contributed by atoms with van der Waals surface area (Å²) in [6, 6.07) is 8.07. The maximum Gasteiger partial charge on any atom is 0.246 e. The average molecular weight is 220 g/mol. The van der Waals surface area contributed by atoms with Crippen molar-refractivity contribution in [3.05, 3.63) is 35.4 Å². The van der Waals surface area contributed by atoms with Gasteiger partial charge in [0.2, 0.25) is 5.91 Å². The summed E-state index contributed by atoms with van der Waals surface area (Å²) in [6.45, 7) is 1.30. The summed E-state index contributed by atoms with van der Waals surface area (Å²) < 4.78 is 5.51. The minimum Gasteiger partial charge on any atom is -0.362 e. The van der Waals surface area contributed by atoms with Gasteiger partial charge in [-0.3, -0.25) is 4.79 Å². The molecule has 0 radical (unpaired) electrons. The SMILES string of the molecule is NCCc1ccccc1C1CNC(=O)CO1. The lowest BCUT2D eigenvalue weighted by molar-refractivity contribution is -0.133. The van der Waals surface area contributed by atoms with Gasteiger partial charge in [-0.15, -0.1) is 0 Å². The van der Waals surface area contributed by atoms with E-state index in [4.69, 9.17) is 10.5 Å². The molecule has 16 heavy (non-hydrogen) atoms. The molecule has 1 aliphatic heterocycles. The Kier molecular flexibility index (Phi) is 3.54. The van der Waals surface area contributed by atoms with Crippen molar-refractivity contribution in [1.29, 1.82) is 0 Å². The predicted octanol–water partition coefficient (Wildman–Crippen LogP) is 0.375. The first-order valence-electron chi connectivity index (χ1n) is 5.47. The van der Waals surface area contributed by atoms with E-state index in [1.807, 2.05) is 18.2 Å². The molecule has 0 bridgehead atoms. The number of rotatable bonds is 3. The Morgan fingerprint density at radius 2 is 2.25 bits per heavy atom. The van der Waals surface area contributed by atoms with Crippen molar-refractivity contribution in [1.82, 2.24) is 5.32 Å². The summed E-state index contributed by atoms with van der Waals surface area (Å²) in [4.78, 5) is 11.0. The van der Waals surface area contributed by atoms with E-state index >= 15 is 0 Å². The Bertz CT molecular complexity index is 369. The molecule has 0 aromatic heterocycles. The Labute approximate surface area is 94.8 Å². The first kappa shape index (κ1) is 11.1. The topological polar surface area (TPSA) is 64.3 Å². The second-order valence-electron chi connectivity index (χ2n) is 3.84. The summed E-state index contributed by atoms with van der Waals surface area (Å²) in [6.07, 6.45) is 0.796. The monoisotopic (exact) mass is 220 g/mol. The molecule has 1 atom stereocenters. The third-order valence-corrected chi connectivity index (χ3v) is 2.72. The number of carbonyl (C=O) groups is 1. The van der Waals surface area contributed by atoms with Gasteiger partial charge in [0.05, 0.1) is 0 Å². The van der Waals surface area contributed by atoms with Gasteiger partial charge >= 0.3 is 0 Å². The van der Waals surface area contributed by atoms with Crippen LogP contribution in [0.2, 0.25) is 0 Å². The van der Waals surface area contributed by atoms with Gasteiger partial charge in [0.25, 0.3) is 0 Å². The van der Waals surface area contributed by atoms with Crippen molar-refractivity contribution in [2.75, 3.05) is 19.7 Å². The number of hydrogen-bond donors (Lipinski definition) is 2. The number of nitrogens with two attached hydrogens (primary N) is 1. The molecule has 1 aromatic rings. The molecule has 0 aliphatic carbocycles. The van der Waals surface area contributed by atoms with Crippen LogP contribution in [0, 0.1) is 0 Å². The summed E-state index contributed by atoms with van der Waals surface area (Å²) in [7, 11) is 0. The lowest BCUT2D eigenvalue weighted by atomic mass is 9.99. The minimum absolute atomic E-state index is 0.0413. The van der Waals surface area contributed by atoms with Crippen LogP contribution in [0.4, 0.5) is 0 Å². The van der Waals surface area contributed by atoms with Crippen LogP contribution in [0.15, 0.2) is 24.3 Å². The van der Waals surface area contributed by atoms with Crippen molar-refractivity contribution >= 4 is 5.91 Å². The number of carbonyl (C=O) groups excluding carboxylic acids is 1. The number of ether oxygens (including phenoxy) is 1. The van der Waals surface area contributed by atoms with Crippen LogP contribution in [0.1, 0.15) is 17.2 Å². The zero-order valence-corrected chi connectivity index (χ0v) is 9.11. The third-order valence-electron chi connectivity index (χ3n) is 2.72. The van der Waals surface area contributed by atoms with E-state index in [0.29, 0.717) is 13.1 Å². The maximum atomic E-state index is 11.0. The summed E-state index contributed by atoms with van der Waals surface area (Å²) in [5.74, 6) is -0.0486.